The molecule has 2 aromatic rings. The Bertz CT molecular complexity index is 877. The van der Waals surface area contributed by atoms with Gasteiger partial charge in [0.15, 0.2) is 16.3 Å². The van der Waals surface area contributed by atoms with Crippen molar-refractivity contribution in [3.63, 3.8) is 0 Å². The largest absolute Gasteiger partial charge is 0.454 e. The zero-order valence-corrected chi connectivity index (χ0v) is 17.4. The van der Waals surface area contributed by atoms with Gasteiger partial charge in [0.2, 0.25) is 17.8 Å². The number of nitrogens with one attached hydrogen (secondary N) is 2. The van der Waals surface area contributed by atoms with Crippen LogP contribution in [-0.2, 0) is 9.59 Å². The van der Waals surface area contributed by atoms with Crippen LogP contribution in [0.25, 0.3) is 10.6 Å². The minimum Gasteiger partial charge on any atom is -0.454 e. The summed E-state index contributed by atoms with van der Waals surface area (Å²) in [6.45, 7) is 3.95. The van der Waals surface area contributed by atoms with Crippen LogP contribution in [0.15, 0.2) is 18.2 Å². The first-order valence-corrected chi connectivity index (χ1v) is 10.2. The zero-order chi connectivity index (χ0) is 20.3. The fourth-order valence-electron chi connectivity index (χ4n) is 2.52. The summed E-state index contributed by atoms with van der Waals surface area (Å²) in [7, 11) is 0. The summed E-state index contributed by atoms with van der Waals surface area (Å²) >= 11 is 12.4. The van der Waals surface area contributed by atoms with Gasteiger partial charge in [0.05, 0.1) is 0 Å². The number of rotatable bonds is 7. The van der Waals surface area contributed by atoms with Crippen LogP contribution in [0, 0.1) is 5.92 Å². The second kappa shape index (κ2) is 8.93. The van der Waals surface area contributed by atoms with Crippen molar-refractivity contribution in [2.24, 2.45) is 5.92 Å². The molecule has 11 heteroatoms. The number of halogens is 2. The minimum absolute atomic E-state index is 0.128. The van der Waals surface area contributed by atoms with Gasteiger partial charge < -0.3 is 14.8 Å². The molecule has 0 spiro atoms. The highest BCUT2D eigenvalue weighted by molar-refractivity contribution is 7.18. The Labute approximate surface area is 175 Å². The van der Waals surface area contributed by atoms with Crippen molar-refractivity contribution in [3.8, 4) is 22.1 Å². The predicted octanol–water partition coefficient (Wildman–Crippen LogP) is 3.21. The van der Waals surface area contributed by atoms with Gasteiger partial charge in [-0.25, -0.2) is 0 Å². The Balaban J connectivity index is 1.72. The van der Waals surface area contributed by atoms with Crippen LogP contribution in [0.4, 0.5) is 5.13 Å². The number of anilines is 1. The van der Waals surface area contributed by atoms with E-state index in [1.807, 2.05) is 19.9 Å². The van der Waals surface area contributed by atoms with Gasteiger partial charge in [-0.1, -0.05) is 54.8 Å². The summed E-state index contributed by atoms with van der Waals surface area (Å²) in [6, 6.07) is 4.64. The number of alkyl halides is 2. The lowest BCUT2D eigenvalue weighted by Gasteiger charge is -2.23. The molecule has 0 bridgehead atoms. The van der Waals surface area contributed by atoms with E-state index < -0.39 is 22.7 Å². The topological polar surface area (TPSA) is 102 Å². The molecule has 1 aromatic carbocycles. The molecule has 0 saturated carbocycles. The van der Waals surface area contributed by atoms with Crippen molar-refractivity contribution in [2.75, 3.05) is 12.1 Å². The summed E-state index contributed by atoms with van der Waals surface area (Å²) in [5.41, 5.74) is 0.793. The number of carbonyl (C=O) groups is 2. The van der Waals surface area contributed by atoms with Crippen LogP contribution in [0.2, 0.25) is 0 Å². The zero-order valence-electron chi connectivity index (χ0n) is 15.1. The number of fused-ring (bicyclic) bond motifs is 1. The molecule has 150 valence electrons. The summed E-state index contributed by atoms with van der Waals surface area (Å²) in [5, 5.41) is 14.3. The third kappa shape index (κ3) is 4.65. The van der Waals surface area contributed by atoms with Crippen molar-refractivity contribution >= 4 is 51.5 Å². The third-order valence-corrected chi connectivity index (χ3v) is 5.55. The Morgan fingerprint density at radius 2 is 1.96 bits per heavy atom. The minimum atomic E-state index is -1.25. The van der Waals surface area contributed by atoms with E-state index in [4.69, 9.17) is 32.7 Å². The van der Waals surface area contributed by atoms with Gasteiger partial charge in [-0.05, 0) is 24.1 Å². The molecule has 8 nitrogen and oxygen atoms in total. The third-order valence-electron chi connectivity index (χ3n) is 4.27. The molecule has 2 heterocycles. The van der Waals surface area contributed by atoms with Gasteiger partial charge in [0, 0.05) is 5.56 Å². The number of hydrogen-bond donors (Lipinski definition) is 2. The Hall–Kier alpha value is -2.10. The molecule has 1 aliphatic heterocycles. The number of nitrogens with zero attached hydrogens (tertiary/aromatic N) is 2. The highest BCUT2D eigenvalue weighted by Crippen LogP contribution is 2.37. The van der Waals surface area contributed by atoms with E-state index >= 15 is 0 Å². The average molecular weight is 445 g/mol. The van der Waals surface area contributed by atoms with Crippen molar-refractivity contribution in [2.45, 2.75) is 31.1 Å². The van der Waals surface area contributed by atoms with Crippen LogP contribution in [-0.4, -0.2) is 39.7 Å². The van der Waals surface area contributed by atoms with Crippen LogP contribution in [0.1, 0.15) is 20.3 Å². The summed E-state index contributed by atoms with van der Waals surface area (Å²) < 4.78 is 10.7. The maximum Gasteiger partial charge on any atom is 0.253 e. The normalized spacial score (nSPS) is 14.6. The number of ether oxygens (including phenoxy) is 2. The van der Waals surface area contributed by atoms with Gasteiger partial charge in [-0.3, -0.25) is 14.9 Å². The Kier molecular flexibility index (Phi) is 6.58. The number of hydrogen-bond acceptors (Lipinski definition) is 7. The highest BCUT2D eigenvalue weighted by atomic mass is 35.5. The molecule has 2 atom stereocenters. The maximum atomic E-state index is 12.7. The number of amides is 2. The quantitative estimate of drug-likeness (QED) is 0.635. The number of benzene rings is 1. The highest BCUT2D eigenvalue weighted by Gasteiger charge is 2.28. The molecule has 28 heavy (non-hydrogen) atoms. The van der Waals surface area contributed by atoms with E-state index in [0.717, 1.165) is 5.56 Å². The molecule has 3 rings (SSSR count). The standard InChI is InChI=1S/C17H18Cl2N4O4S/c1-3-8(2)12(20-15(25)13(18)19)14(24)21-17-23-22-16(28-17)9-4-5-10-11(6-9)27-7-26-10/h4-6,8,12-13H,3,7H2,1-2H3,(H,20,25)(H,21,23,24). The van der Waals surface area contributed by atoms with Gasteiger partial charge >= 0.3 is 0 Å². The molecule has 1 aromatic heterocycles. The summed E-state index contributed by atoms with van der Waals surface area (Å²) in [4.78, 5) is 23.2. The molecule has 2 unspecified atom stereocenters. The van der Waals surface area contributed by atoms with Crippen molar-refractivity contribution < 1.29 is 19.1 Å². The molecule has 0 saturated heterocycles. The SMILES string of the molecule is CCC(C)C(NC(=O)C(Cl)Cl)C(=O)Nc1nnc(-c2ccc3c(c2)OCO3)s1. The lowest BCUT2D eigenvalue weighted by atomic mass is 9.98. The molecule has 0 aliphatic carbocycles. The summed E-state index contributed by atoms with van der Waals surface area (Å²) in [5.74, 6) is 0.143. The van der Waals surface area contributed by atoms with E-state index in [-0.39, 0.29) is 12.7 Å². The van der Waals surface area contributed by atoms with E-state index in [0.29, 0.717) is 28.1 Å². The molecule has 1 aliphatic rings. The lowest BCUT2D eigenvalue weighted by molar-refractivity contribution is -0.126. The number of carbonyl (C=O) groups excluding carboxylic acids is 2. The van der Waals surface area contributed by atoms with E-state index in [2.05, 4.69) is 20.8 Å². The first-order chi connectivity index (χ1) is 13.4. The average Bonchev–Trinajstić information content (AvgIpc) is 3.33. The molecule has 0 fully saturated rings. The lowest BCUT2D eigenvalue weighted by Crippen LogP contribution is -2.49. The second-order valence-corrected chi connectivity index (χ2v) is 8.22. The smallest absolute Gasteiger partial charge is 0.253 e. The monoisotopic (exact) mass is 444 g/mol. The van der Waals surface area contributed by atoms with Gasteiger partial charge in [0.25, 0.3) is 5.91 Å². The molecular formula is C17H18Cl2N4O4S. The van der Waals surface area contributed by atoms with Crippen LogP contribution >= 0.6 is 34.5 Å². The first kappa shape index (κ1) is 20.6. The fourth-order valence-corrected chi connectivity index (χ4v) is 3.39. The van der Waals surface area contributed by atoms with Crippen LogP contribution in [0.3, 0.4) is 0 Å². The Morgan fingerprint density at radius 3 is 2.68 bits per heavy atom. The first-order valence-electron chi connectivity index (χ1n) is 8.52. The van der Waals surface area contributed by atoms with Crippen molar-refractivity contribution in [1.29, 1.82) is 0 Å². The van der Waals surface area contributed by atoms with Crippen molar-refractivity contribution in [3.05, 3.63) is 18.2 Å². The Morgan fingerprint density at radius 1 is 1.21 bits per heavy atom. The predicted molar refractivity (Wildman–Crippen MR) is 107 cm³/mol. The van der Waals surface area contributed by atoms with Gasteiger partial charge in [0.1, 0.15) is 11.0 Å². The van der Waals surface area contributed by atoms with Crippen molar-refractivity contribution in [1.82, 2.24) is 15.5 Å². The number of aromatic nitrogens is 2. The van der Waals surface area contributed by atoms with Crippen LogP contribution < -0.4 is 20.1 Å². The van der Waals surface area contributed by atoms with E-state index in [1.54, 1.807) is 12.1 Å². The van der Waals surface area contributed by atoms with E-state index in [1.165, 1.54) is 11.3 Å². The fraction of sp³-hybridized carbons (Fsp3) is 0.412. The van der Waals surface area contributed by atoms with Crippen LogP contribution in [0.5, 0.6) is 11.5 Å². The molecule has 2 N–H and O–H groups in total. The summed E-state index contributed by atoms with van der Waals surface area (Å²) in [6.07, 6.45) is 0.673. The van der Waals surface area contributed by atoms with E-state index in [9.17, 15) is 9.59 Å². The molecule has 2 amide bonds. The molecular weight excluding hydrogens is 427 g/mol. The van der Waals surface area contributed by atoms with Gasteiger partial charge in [-0.15, -0.1) is 10.2 Å². The van der Waals surface area contributed by atoms with Gasteiger partial charge in [-0.2, -0.15) is 0 Å². The second-order valence-electron chi connectivity index (χ2n) is 6.14. The maximum absolute atomic E-state index is 12.7. The molecule has 0 radical (unpaired) electrons.